The van der Waals surface area contributed by atoms with E-state index in [0.717, 1.165) is 13.1 Å². The van der Waals surface area contributed by atoms with Crippen molar-refractivity contribution in [2.24, 2.45) is 5.73 Å². The predicted molar refractivity (Wildman–Crippen MR) is 72.2 cm³/mol. The summed E-state index contributed by atoms with van der Waals surface area (Å²) in [6, 6.07) is 3.19. The van der Waals surface area contributed by atoms with Crippen LogP contribution in [0.1, 0.15) is 50.3 Å². The number of aromatic nitrogens is 2. The average Bonchev–Trinajstić information content (AvgIpc) is 2.98. The molecule has 2 fully saturated rings. The highest BCUT2D eigenvalue weighted by Crippen LogP contribution is 2.28. The fraction of sp³-hybridized carbons (Fsp3) is 0.786. The zero-order valence-electron chi connectivity index (χ0n) is 11.1. The molecule has 4 heteroatoms. The van der Waals surface area contributed by atoms with Crippen LogP contribution in [0.3, 0.4) is 0 Å². The van der Waals surface area contributed by atoms with Gasteiger partial charge in [0.05, 0.1) is 11.7 Å². The molecular weight excluding hydrogens is 224 g/mol. The Morgan fingerprint density at radius 2 is 2.06 bits per heavy atom. The quantitative estimate of drug-likeness (QED) is 0.889. The molecule has 18 heavy (non-hydrogen) atoms. The highest BCUT2D eigenvalue weighted by Gasteiger charge is 2.20. The van der Waals surface area contributed by atoms with Gasteiger partial charge in [-0.1, -0.05) is 12.8 Å². The molecular formula is C14H24N4. The third-order valence-corrected chi connectivity index (χ3v) is 4.29. The molecule has 100 valence electrons. The molecule has 0 aromatic carbocycles. The maximum absolute atomic E-state index is 6.02. The Morgan fingerprint density at radius 1 is 1.22 bits per heavy atom. The Bertz CT molecular complexity index is 381. The van der Waals surface area contributed by atoms with E-state index in [1.165, 1.54) is 50.8 Å². The predicted octanol–water partition coefficient (Wildman–Crippen LogP) is 1.92. The van der Waals surface area contributed by atoms with Gasteiger partial charge in [0.25, 0.3) is 0 Å². The lowest BCUT2D eigenvalue weighted by atomic mass is 10.1. The largest absolute Gasteiger partial charge is 0.327 e. The lowest BCUT2D eigenvalue weighted by Gasteiger charge is -2.29. The minimum absolute atomic E-state index is 0.357. The highest BCUT2D eigenvalue weighted by molar-refractivity contribution is 5.00. The summed E-state index contributed by atoms with van der Waals surface area (Å²) in [5.74, 6) is 0. The molecule has 2 heterocycles. The van der Waals surface area contributed by atoms with Gasteiger partial charge in [-0.3, -0.25) is 9.58 Å². The number of nitrogens with two attached hydrogens (primary N) is 1. The second kappa shape index (κ2) is 5.41. The molecule has 0 bridgehead atoms. The van der Waals surface area contributed by atoms with Crippen LogP contribution >= 0.6 is 0 Å². The summed E-state index contributed by atoms with van der Waals surface area (Å²) in [5.41, 5.74) is 7.22. The Labute approximate surface area is 109 Å². The number of hydrogen-bond donors (Lipinski definition) is 1. The molecule has 1 atom stereocenters. The van der Waals surface area contributed by atoms with E-state index in [0.29, 0.717) is 12.1 Å². The molecule has 4 nitrogen and oxygen atoms in total. The van der Waals surface area contributed by atoms with E-state index in [2.05, 4.69) is 21.8 Å². The lowest BCUT2D eigenvalue weighted by molar-refractivity contribution is 0.198. The molecule has 3 rings (SSSR count). The number of nitrogens with zero attached hydrogens (tertiary/aromatic N) is 3. The van der Waals surface area contributed by atoms with Gasteiger partial charge in [-0.05, 0) is 38.3 Å². The standard InChI is InChI=1S/C14H24N4/c15-12-4-3-8-17(10-12)11-13-7-9-18(16-13)14-5-1-2-6-14/h7,9,12,14H,1-6,8,10-11,15H2/t12-/m1/s1. The van der Waals surface area contributed by atoms with E-state index < -0.39 is 0 Å². The SMILES string of the molecule is N[C@@H]1CCCN(Cc2ccn(C3CCCC3)n2)C1. The van der Waals surface area contributed by atoms with E-state index in [1.807, 2.05) is 0 Å². The van der Waals surface area contributed by atoms with Gasteiger partial charge in [0.1, 0.15) is 0 Å². The van der Waals surface area contributed by atoms with Gasteiger partial charge in [-0.25, -0.2) is 0 Å². The maximum atomic E-state index is 6.02. The van der Waals surface area contributed by atoms with Crippen molar-refractivity contribution in [3.63, 3.8) is 0 Å². The van der Waals surface area contributed by atoms with Crippen LogP contribution in [0.15, 0.2) is 12.3 Å². The Hall–Kier alpha value is -0.870. The second-order valence-electron chi connectivity index (χ2n) is 5.86. The van der Waals surface area contributed by atoms with Gasteiger partial charge in [0.15, 0.2) is 0 Å². The van der Waals surface area contributed by atoms with E-state index >= 15 is 0 Å². The zero-order valence-corrected chi connectivity index (χ0v) is 11.1. The molecule has 0 spiro atoms. The van der Waals surface area contributed by atoms with Crippen LogP contribution in [-0.2, 0) is 6.54 Å². The smallest absolute Gasteiger partial charge is 0.0764 e. The minimum atomic E-state index is 0.357. The summed E-state index contributed by atoms with van der Waals surface area (Å²) in [5, 5.41) is 4.75. The van der Waals surface area contributed by atoms with Gasteiger partial charge in [-0.15, -0.1) is 0 Å². The first kappa shape index (κ1) is 12.2. The number of piperidine rings is 1. The van der Waals surface area contributed by atoms with Crippen LogP contribution in [0, 0.1) is 0 Å². The third kappa shape index (κ3) is 2.75. The van der Waals surface area contributed by atoms with Crippen LogP contribution in [0.4, 0.5) is 0 Å². The first-order valence-corrected chi connectivity index (χ1v) is 7.33. The van der Waals surface area contributed by atoms with E-state index in [4.69, 9.17) is 10.8 Å². The Kier molecular flexibility index (Phi) is 3.66. The van der Waals surface area contributed by atoms with E-state index in [1.54, 1.807) is 0 Å². The molecule has 2 aliphatic rings. The number of rotatable bonds is 3. The van der Waals surface area contributed by atoms with Gasteiger partial charge in [0.2, 0.25) is 0 Å². The van der Waals surface area contributed by atoms with Crippen LogP contribution in [-0.4, -0.2) is 33.8 Å². The average molecular weight is 248 g/mol. The van der Waals surface area contributed by atoms with E-state index in [-0.39, 0.29) is 0 Å². The molecule has 1 saturated carbocycles. The highest BCUT2D eigenvalue weighted by atomic mass is 15.3. The van der Waals surface area contributed by atoms with Crippen LogP contribution in [0.5, 0.6) is 0 Å². The molecule has 1 saturated heterocycles. The van der Waals surface area contributed by atoms with Crippen molar-refractivity contribution >= 4 is 0 Å². The third-order valence-electron chi connectivity index (χ3n) is 4.29. The first-order chi connectivity index (χ1) is 8.81. The van der Waals surface area contributed by atoms with Crippen molar-refractivity contribution in [2.45, 2.75) is 57.2 Å². The summed E-state index contributed by atoms with van der Waals surface area (Å²) in [6.45, 7) is 3.16. The molecule has 0 radical (unpaired) electrons. The van der Waals surface area contributed by atoms with Crippen LogP contribution in [0.25, 0.3) is 0 Å². The van der Waals surface area contributed by atoms with Crippen LogP contribution in [0.2, 0.25) is 0 Å². The van der Waals surface area contributed by atoms with Crippen molar-refractivity contribution in [1.29, 1.82) is 0 Å². The van der Waals surface area contributed by atoms with Crippen molar-refractivity contribution in [3.8, 4) is 0 Å². The summed E-state index contributed by atoms with van der Waals surface area (Å²) in [4.78, 5) is 2.44. The fourth-order valence-electron chi connectivity index (χ4n) is 3.30. The molecule has 1 aliphatic heterocycles. The normalized spacial score (nSPS) is 26.8. The topological polar surface area (TPSA) is 47.1 Å². The maximum Gasteiger partial charge on any atom is 0.0764 e. The molecule has 0 unspecified atom stereocenters. The lowest BCUT2D eigenvalue weighted by Crippen LogP contribution is -2.42. The molecule has 1 aliphatic carbocycles. The van der Waals surface area contributed by atoms with Crippen molar-refractivity contribution < 1.29 is 0 Å². The number of likely N-dealkylation sites (tertiary alicyclic amines) is 1. The monoisotopic (exact) mass is 248 g/mol. The summed E-state index contributed by atoms with van der Waals surface area (Å²) in [7, 11) is 0. The van der Waals surface area contributed by atoms with Crippen molar-refractivity contribution in [3.05, 3.63) is 18.0 Å². The fourth-order valence-corrected chi connectivity index (χ4v) is 3.30. The van der Waals surface area contributed by atoms with Crippen molar-refractivity contribution in [1.82, 2.24) is 14.7 Å². The minimum Gasteiger partial charge on any atom is -0.327 e. The second-order valence-corrected chi connectivity index (χ2v) is 5.86. The summed E-state index contributed by atoms with van der Waals surface area (Å²) < 4.78 is 2.19. The molecule has 1 aromatic rings. The van der Waals surface area contributed by atoms with E-state index in [9.17, 15) is 0 Å². The van der Waals surface area contributed by atoms with Crippen LogP contribution < -0.4 is 5.73 Å². The first-order valence-electron chi connectivity index (χ1n) is 7.33. The molecule has 2 N–H and O–H groups in total. The van der Waals surface area contributed by atoms with Crippen molar-refractivity contribution in [2.75, 3.05) is 13.1 Å². The van der Waals surface area contributed by atoms with Gasteiger partial charge in [-0.2, -0.15) is 5.10 Å². The van der Waals surface area contributed by atoms with Gasteiger partial charge < -0.3 is 5.73 Å². The Balaban J connectivity index is 1.59. The molecule has 0 amide bonds. The summed E-state index contributed by atoms with van der Waals surface area (Å²) in [6.07, 6.45) is 9.89. The van der Waals surface area contributed by atoms with Gasteiger partial charge >= 0.3 is 0 Å². The zero-order chi connectivity index (χ0) is 12.4. The molecule has 1 aromatic heterocycles. The Morgan fingerprint density at radius 3 is 2.83 bits per heavy atom. The van der Waals surface area contributed by atoms with Gasteiger partial charge in [0, 0.05) is 25.3 Å². The number of hydrogen-bond acceptors (Lipinski definition) is 3. The summed E-state index contributed by atoms with van der Waals surface area (Å²) >= 11 is 0.